The molecule has 19 heavy (non-hydrogen) atoms. The summed E-state index contributed by atoms with van der Waals surface area (Å²) in [4.78, 5) is 1.40. The first-order chi connectivity index (χ1) is 9.02. The van der Waals surface area contributed by atoms with Gasteiger partial charge in [0.25, 0.3) is 0 Å². The first-order valence-electron chi connectivity index (χ1n) is 5.54. The zero-order chi connectivity index (χ0) is 14.0. The number of ether oxygens (including phenoxy) is 1. The van der Waals surface area contributed by atoms with Crippen LogP contribution < -0.4 is 4.74 Å². The highest BCUT2D eigenvalue weighted by atomic mass is 79.9. The lowest BCUT2D eigenvalue weighted by Gasteiger charge is -2.12. The predicted molar refractivity (Wildman–Crippen MR) is 95.8 cm³/mol. The third-order valence-corrected chi connectivity index (χ3v) is 7.77. The van der Waals surface area contributed by atoms with Crippen LogP contribution in [0.25, 0.3) is 0 Å². The maximum atomic E-state index is 5.49. The number of hydrogen-bond donors (Lipinski definition) is 0. The van der Waals surface area contributed by atoms with Gasteiger partial charge < -0.3 is 4.74 Å². The molecule has 0 radical (unpaired) electrons. The van der Waals surface area contributed by atoms with E-state index in [1.165, 1.54) is 10.4 Å². The predicted octanol–water partition coefficient (Wildman–Crippen LogP) is 6.92. The summed E-state index contributed by atoms with van der Waals surface area (Å²) in [5.74, 6) is 0.881. The van der Waals surface area contributed by atoms with Crippen LogP contribution in [0, 0.1) is 0 Å². The van der Waals surface area contributed by atoms with Crippen LogP contribution in [-0.2, 0) is 0 Å². The van der Waals surface area contributed by atoms with Gasteiger partial charge in [-0.25, -0.2) is 0 Å². The topological polar surface area (TPSA) is 9.23 Å². The second-order valence-electron chi connectivity index (χ2n) is 3.75. The first kappa shape index (κ1) is 16.0. The van der Waals surface area contributed by atoms with Crippen molar-refractivity contribution < 1.29 is 4.74 Å². The van der Waals surface area contributed by atoms with E-state index in [0.717, 1.165) is 18.5 Å². The Morgan fingerprint density at radius 3 is 2.42 bits per heavy atom. The fourth-order valence-corrected chi connectivity index (χ4v) is 5.40. The molecule has 6 heteroatoms. The molecule has 1 unspecified atom stereocenters. The Kier molecular flexibility index (Phi) is 5.96. The molecule has 0 spiro atoms. The monoisotopic (exact) mass is 530 g/mol. The van der Waals surface area contributed by atoms with Crippen molar-refractivity contribution in [2.75, 3.05) is 6.61 Å². The molecule has 0 bridgehead atoms. The largest absolute Gasteiger partial charge is 0.494 e. The molecule has 0 saturated heterocycles. The molecule has 0 amide bonds. The highest BCUT2D eigenvalue weighted by molar-refractivity contribution is 9.13. The van der Waals surface area contributed by atoms with E-state index in [-0.39, 0.29) is 4.83 Å². The van der Waals surface area contributed by atoms with Crippen molar-refractivity contribution in [3.05, 3.63) is 47.4 Å². The molecule has 0 aliphatic carbocycles. The van der Waals surface area contributed by atoms with Gasteiger partial charge >= 0.3 is 0 Å². The normalized spacial score (nSPS) is 12.5. The maximum absolute atomic E-state index is 5.49. The zero-order valence-corrected chi connectivity index (χ0v) is 17.1. The van der Waals surface area contributed by atoms with Crippen molar-refractivity contribution in [1.82, 2.24) is 0 Å². The average molecular weight is 534 g/mol. The molecular formula is C13H10Br4OS. The molecule has 2 aromatic rings. The SMILES string of the molecule is CCOc1ccc(C(Br)c2cc(Br)c(Br)s2)c(Br)c1. The minimum atomic E-state index is 0.158. The van der Waals surface area contributed by atoms with E-state index >= 15 is 0 Å². The quantitative estimate of drug-likeness (QED) is 0.388. The lowest BCUT2D eigenvalue weighted by molar-refractivity contribution is 0.340. The molecule has 1 aromatic carbocycles. The van der Waals surface area contributed by atoms with E-state index in [9.17, 15) is 0 Å². The molecule has 1 nitrogen and oxygen atoms in total. The Bertz CT molecular complexity index is 563. The second kappa shape index (κ2) is 7.07. The second-order valence-corrected chi connectivity index (χ2v) is 8.78. The number of benzene rings is 1. The van der Waals surface area contributed by atoms with Crippen molar-refractivity contribution in [2.45, 2.75) is 11.8 Å². The van der Waals surface area contributed by atoms with Gasteiger partial charge in [-0.15, -0.1) is 11.3 Å². The number of thiophene rings is 1. The summed E-state index contributed by atoms with van der Waals surface area (Å²) in [5.41, 5.74) is 1.18. The van der Waals surface area contributed by atoms with Crippen LogP contribution in [0.15, 0.2) is 37.0 Å². The fourth-order valence-electron chi connectivity index (χ4n) is 1.61. The fraction of sp³-hybridized carbons (Fsp3) is 0.231. The smallest absolute Gasteiger partial charge is 0.120 e. The number of rotatable bonds is 4. The highest BCUT2D eigenvalue weighted by Crippen LogP contribution is 2.43. The van der Waals surface area contributed by atoms with Crippen molar-refractivity contribution in [3.8, 4) is 5.75 Å². The molecule has 1 heterocycles. The summed E-state index contributed by atoms with van der Waals surface area (Å²) in [6.45, 7) is 2.66. The van der Waals surface area contributed by atoms with E-state index in [1.54, 1.807) is 11.3 Å². The molecule has 1 atom stereocenters. The molecule has 0 saturated carbocycles. The van der Waals surface area contributed by atoms with Crippen LogP contribution in [-0.4, -0.2) is 6.61 Å². The van der Waals surface area contributed by atoms with Gasteiger partial charge in [-0.05, 0) is 62.5 Å². The summed E-state index contributed by atoms with van der Waals surface area (Å²) >= 11 is 16.1. The van der Waals surface area contributed by atoms with Gasteiger partial charge in [-0.2, -0.15) is 0 Å². The van der Waals surface area contributed by atoms with Gasteiger partial charge in [0.05, 0.1) is 15.2 Å². The van der Waals surface area contributed by atoms with Gasteiger partial charge in [0.15, 0.2) is 0 Å². The van der Waals surface area contributed by atoms with Gasteiger partial charge in [0.2, 0.25) is 0 Å². The van der Waals surface area contributed by atoms with Crippen molar-refractivity contribution in [1.29, 1.82) is 0 Å². The summed E-state index contributed by atoms with van der Waals surface area (Å²) in [5, 5.41) is 0. The van der Waals surface area contributed by atoms with Crippen molar-refractivity contribution >= 4 is 75.1 Å². The van der Waals surface area contributed by atoms with Crippen LogP contribution in [0.5, 0.6) is 5.75 Å². The number of alkyl halides is 1. The van der Waals surface area contributed by atoms with Gasteiger partial charge in [-0.3, -0.25) is 0 Å². The standard InChI is InChI=1S/C13H10Br4OS/c1-2-18-7-3-4-8(9(14)5-7)12(16)11-6-10(15)13(17)19-11/h3-6,12H,2H2,1H3. The van der Waals surface area contributed by atoms with E-state index in [0.29, 0.717) is 6.61 Å². The minimum Gasteiger partial charge on any atom is -0.494 e. The average Bonchev–Trinajstić information content (AvgIpc) is 2.69. The highest BCUT2D eigenvalue weighted by Gasteiger charge is 2.17. The van der Waals surface area contributed by atoms with Gasteiger partial charge in [0, 0.05) is 13.8 Å². The Labute approximate surface area is 150 Å². The van der Waals surface area contributed by atoms with E-state index < -0.39 is 0 Å². The molecule has 0 fully saturated rings. The summed E-state index contributed by atoms with van der Waals surface area (Å²) in [6, 6.07) is 8.20. The molecule has 102 valence electrons. The molecule has 1 aromatic heterocycles. The summed E-state index contributed by atoms with van der Waals surface area (Å²) in [6.07, 6.45) is 0. The van der Waals surface area contributed by atoms with Crippen molar-refractivity contribution in [3.63, 3.8) is 0 Å². The molecular weight excluding hydrogens is 524 g/mol. The lowest BCUT2D eigenvalue weighted by atomic mass is 10.1. The Balaban J connectivity index is 2.30. The number of halogens is 4. The Hall–Kier alpha value is 0.640. The molecule has 0 aliphatic heterocycles. The maximum Gasteiger partial charge on any atom is 0.120 e. The van der Waals surface area contributed by atoms with Crippen LogP contribution in [0.3, 0.4) is 0 Å². The Morgan fingerprint density at radius 2 is 1.89 bits per heavy atom. The summed E-state index contributed by atoms with van der Waals surface area (Å²) in [7, 11) is 0. The lowest BCUT2D eigenvalue weighted by Crippen LogP contribution is -1.95. The van der Waals surface area contributed by atoms with E-state index in [4.69, 9.17) is 4.74 Å². The molecule has 0 N–H and O–H groups in total. The molecule has 0 aliphatic rings. The van der Waals surface area contributed by atoms with Crippen LogP contribution in [0.2, 0.25) is 0 Å². The Morgan fingerprint density at radius 1 is 1.16 bits per heavy atom. The number of hydrogen-bond acceptors (Lipinski definition) is 2. The minimum absolute atomic E-state index is 0.158. The van der Waals surface area contributed by atoms with E-state index in [1.807, 2.05) is 19.1 Å². The van der Waals surface area contributed by atoms with E-state index in [2.05, 4.69) is 75.9 Å². The third-order valence-electron chi connectivity index (χ3n) is 2.47. The van der Waals surface area contributed by atoms with Crippen LogP contribution in [0.4, 0.5) is 0 Å². The van der Waals surface area contributed by atoms with Crippen LogP contribution >= 0.6 is 75.1 Å². The van der Waals surface area contributed by atoms with Gasteiger partial charge in [0.1, 0.15) is 5.75 Å². The first-order valence-corrected chi connectivity index (χ1v) is 9.65. The van der Waals surface area contributed by atoms with Crippen LogP contribution in [0.1, 0.15) is 22.2 Å². The van der Waals surface area contributed by atoms with Crippen molar-refractivity contribution in [2.24, 2.45) is 0 Å². The molecule has 2 rings (SSSR count). The third kappa shape index (κ3) is 3.84. The van der Waals surface area contributed by atoms with Gasteiger partial charge in [-0.1, -0.05) is 37.9 Å². The summed E-state index contributed by atoms with van der Waals surface area (Å²) < 4.78 is 8.72. The zero-order valence-electron chi connectivity index (χ0n) is 9.92.